The van der Waals surface area contributed by atoms with E-state index in [2.05, 4.69) is 15.4 Å². The van der Waals surface area contributed by atoms with Crippen LogP contribution in [0.15, 0.2) is 54.7 Å². The number of nitrogens with zero attached hydrogens (tertiary/aromatic N) is 3. The van der Waals surface area contributed by atoms with Gasteiger partial charge in [0, 0.05) is 11.6 Å². The summed E-state index contributed by atoms with van der Waals surface area (Å²) in [6, 6.07) is 14.7. The first-order chi connectivity index (χ1) is 14.0. The van der Waals surface area contributed by atoms with Crippen LogP contribution in [0.4, 0.5) is 5.69 Å². The van der Waals surface area contributed by atoms with Gasteiger partial charge in [0.15, 0.2) is 11.8 Å². The number of aryl methyl sites for hydroxylation is 1. The van der Waals surface area contributed by atoms with Crippen molar-refractivity contribution < 1.29 is 14.3 Å². The maximum Gasteiger partial charge on any atom is 0.348 e. The zero-order valence-corrected chi connectivity index (χ0v) is 16.8. The summed E-state index contributed by atoms with van der Waals surface area (Å²) in [6.07, 6.45) is 1.51. The van der Waals surface area contributed by atoms with Gasteiger partial charge < -0.3 is 10.1 Å². The van der Waals surface area contributed by atoms with E-state index in [1.54, 1.807) is 22.9 Å². The van der Waals surface area contributed by atoms with E-state index in [0.717, 1.165) is 21.6 Å². The van der Waals surface area contributed by atoms with E-state index in [4.69, 9.17) is 16.3 Å². The Balaban J connectivity index is 1.48. The maximum atomic E-state index is 12.4. The number of rotatable bonds is 5. The van der Waals surface area contributed by atoms with Crippen molar-refractivity contribution in [1.82, 2.24) is 14.8 Å². The van der Waals surface area contributed by atoms with E-state index < -0.39 is 18.5 Å². The summed E-state index contributed by atoms with van der Waals surface area (Å²) in [5.74, 6) is -1.07. The molecule has 1 amide bonds. The van der Waals surface area contributed by atoms with Crippen molar-refractivity contribution in [2.45, 2.75) is 6.92 Å². The Labute approximate surface area is 174 Å². The van der Waals surface area contributed by atoms with Gasteiger partial charge in [0.2, 0.25) is 0 Å². The van der Waals surface area contributed by atoms with Gasteiger partial charge in [0.25, 0.3) is 5.91 Å². The first kappa shape index (κ1) is 19.1. The lowest BCUT2D eigenvalue weighted by Crippen LogP contribution is -2.20. The van der Waals surface area contributed by atoms with Crippen molar-refractivity contribution in [2.75, 3.05) is 11.9 Å². The quantitative estimate of drug-likeness (QED) is 0.381. The van der Waals surface area contributed by atoms with Gasteiger partial charge in [-0.25, -0.2) is 14.5 Å². The highest BCUT2D eigenvalue weighted by Crippen LogP contribution is 2.30. The number of benzene rings is 1. The highest BCUT2D eigenvalue weighted by Gasteiger charge is 2.19. The molecular formula is C20H15ClN4O3S. The van der Waals surface area contributed by atoms with Crippen LogP contribution in [0.25, 0.3) is 15.9 Å². The highest BCUT2D eigenvalue weighted by atomic mass is 35.5. The number of amides is 1. The minimum absolute atomic E-state index is 0.164. The molecule has 0 aliphatic heterocycles. The van der Waals surface area contributed by atoms with Gasteiger partial charge in [-0.15, -0.1) is 11.3 Å². The van der Waals surface area contributed by atoms with E-state index in [-0.39, 0.29) is 5.15 Å². The van der Waals surface area contributed by atoms with Crippen LogP contribution >= 0.6 is 22.9 Å². The number of thiophene rings is 1. The molecule has 3 aromatic heterocycles. The monoisotopic (exact) mass is 426 g/mol. The molecule has 0 saturated carbocycles. The van der Waals surface area contributed by atoms with Crippen molar-refractivity contribution in [1.29, 1.82) is 0 Å². The molecule has 0 bridgehead atoms. The standard InChI is InChI=1S/C20H15ClN4O3S/c1-12-14-10-16(29-19(14)25(24-12)13-6-3-2-4-7-13)20(27)28-11-17(26)23-15-8-5-9-22-18(15)21/h2-10H,11H2,1H3,(H,23,26). The van der Waals surface area contributed by atoms with Crippen molar-refractivity contribution in [3.8, 4) is 5.69 Å². The predicted octanol–water partition coefficient (Wildman–Crippen LogP) is 4.24. The molecule has 3 heterocycles. The number of nitrogens with one attached hydrogen (secondary N) is 1. The Morgan fingerprint density at radius 2 is 2.00 bits per heavy atom. The van der Waals surface area contributed by atoms with E-state index in [0.29, 0.717) is 10.6 Å². The number of carbonyl (C=O) groups is 2. The Kier molecular flexibility index (Phi) is 5.28. The smallest absolute Gasteiger partial charge is 0.348 e. The Bertz CT molecular complexity index is 1200. The fraction of sp³-hybridized carbons (Fsp3) is 0.100. The summed E-state index contributed by atoms with van der Waals surface area (Å²) >= 11 is 7.17. The highest BCUT2D eigenvalue weighted by molar-refractivity contribution is 7.20. The molecular weight excluding hydrogens is 412 g/mol. The average molecular weight is 427 g/mol. The number of hydrogen-bond donors (Lipinski definition) is 1. The average Bonchev–Trinajstić information content (AvgIpc) is 3.29. The number of fused-ring (bicyclic) bond motifs is 1. The largest absolute Gasteiger partial charge is 0.451 e. The third-order valence-corrected chi connectivity index (χ3v) is 5.51. The first-order valence-corrected chi connectivity index (χ1v) is 9.84. The van der Waals surface area contributed by atoms with Crippen molar-refractivity contribution in [3.63, 3.8) is 0 Å². The van der Waals surface area contributed by atoms with Crippen LogP contribution in [-0.2, 0) is 9.53 Å². The van der Waals surface area contributed by atoms with Crippen LogP contribution in [0.3, 0.4) is 0 Å². The molecule has 7 nitrogen and oxygen atoms in total. The predicted molar refractivity (Wildman–Crippen MR) is 112 cm³/mol. The number of esters is 1. The molecule has 1 N–H and O–H groups in total. The molecule has 4 rings (SSSR count). The Morgan fingerprint density at radius 1 is 1.21 bits per heavy atom. The van der Waals surface area contributed by atoms with Gasteiger partial charge in [0.1, 0.15) is 9.71 Å². The SMILES string of the molecule is Cc1nn(-c2ccccc2)c2sc(C(=O)OCC(=O)Nc3cccnc3Cl)cc12. The molecule has 146 valence electrons. The lowest BCUT2D eigenvalue weighted by molar-refractivity contribution is -0.119. The molecule has 0 radical (unpaired) electrons. The zero-order chi connectivity index (χ0) is 20.4. The lowest BCUT2D eigenvalue weighted by atomic mass is 10.3. The van der Waals surface area contributed by atoms with Crippen LogP contribution in [0.5, 0.6) is 0 Å². The molecule has 0 fully saturated rings. The third-order valence-electron chi connectivity index (χ3n) is 4.11. The summed E-state index contributed by atoms with van der Waals surface area (Å²) in [5, 5.41) is 8.14. The van der Waals surface area contributed by atoms with E-state index in [1.807, 2.05) is 37.3 Å². The number of pyridine rings is 1. The summed E-state index contributed by atoms with van der Waals surface area (Å²) in [4.78, 5) is 29.6. The molecule has 0 spiro atoms. The van der Waals surface area contributed by atoms with Gasteiger partial charge in [-0.2, -0.15) is 5.10 Å². The summed E-state index contributed by atoms with van der Waals surface area (Å²) in [5.41, 5.74) is 2.07. The van der Waals surface area contributed by atoms with Crippen LogP contribution < -0.4 is 5.32 Å². The molecule has 0 aliphatic carbocycles. The van der Waals surface area contributed by atoms with E-state index >= 15 is 0 Å². The number of hydrogen-bond acceptors (Lipinski definition) is 6. The second-order valence-corrected chi connectivity index (χ2v) is 7.52. The van der Waals surface area contributed by atoms with Gasteiger partial charge in [0.05, 0.1) is 17.1 Å². The van der Waals surface area contributed by atoms with Crippen LogP contribution in [-0.4, -0.2) is 33.2 Å². The zero-order valence-electron chi connectivity index (χ0n) is 15.3. The van der Waals surface area contributed by atoms with E-state index in [1.165, 1.54) is 17.5 Å². The van der Waals surface area contributed by atoms with E-state index in [9.17, 15) is 9.59 Å². The number of carbonyl (C=O) groups excluding carboxylic acids is 2. The summed E-state index contributed by atoms with van der Waals surface area (Å²) < 4.78 is 6.95. The molecule has 9 heteroatoms. The summed E-state index contributed by atoms with van der Waals surface area (Å²) in [6.45, 7) is 1.46. The van der Waals surface area contributed by atoms with Crippen molar-refractivity contribution in [3.05, 3.63) is 70.5 Å². The lowest BCUT2D eigenvalue weighted by Gasteiger charge is -2.06. The number of halogens is 1. The molecule has 4 aromatic rings. The maximum absolute atomic E-state index is 12.4. The van der Waals surface area contributed by atoms with Gasteiger partial charge in [-0.3, -0.25) is 4.79 Å². The fourth-order valence-corrected chi connectivity index (χ4v) is 4.00. The fourth-order valence-electron chi connectivity index (χ4n) is 2.76. The molecule has 0 atom stereocenters. The second-order valence-electron chi connectivity index (χ2n) is 6.13. The van der Waals surface area contributed by atoms with Crippen LogP contribution in [0, 0.1) is 6.92 Å². The second kappa shape index (κ2) is 8.02. The molecule has 0 aliphatic rings. The minimum Gasteiger partial charge on any atom is -0.451 e. The normalized spacial score (nSPS) is 10.8. The minimum atomic E-state index is -0.572. The third kappa shape index (κ3) is 3.98. The van der Waals surface area contributed by atoms with Gasteiger partial charge in [-0.1, -0.05) is 29.8 Å². The van der Waals surface area contributed by atoms with Crippen LogP contribution in [0.2, 0.25) is 5.15 Å². The van der Waals surface area contributed by atoms with Gasteiger partial charge >= 0.3 is 5.97 Å². The Morgan fingerprint density at radius 3 is 2.76 bits per heavy atom. The van der Waals surface area contributed by atoms with Crippen molar-refractivity contribution >= 4 is 50.7 Å². The summed E-state index contributed by atoms with van der Waals surface area (Å²) in [7, 11) is 0. The van der Waals surface area contributed by atoms with Crippen LogP contribution in [0.1, 0.15) is 15.4 Å². The number of ether oxygens (including phenoxy) is 1. The molecule has 1 aromatic carbocycles. The molecule has 0 unspecified atom stereocenters. The first-order valence-electron chi connectivity index (χ1n) is 8.65. The topological polar surface area (TPSA) is 86.1 Å². The molecule has 0 saturated heterocycles. The number of para-hydroxylation sites is 1. The Hall–Kier alpha value is -3.23. The van der Waals surface area contributed by atoms with Crippen molar-refractivity contribution in [2.24, 2.45) is 0 Å². The van der Waals surface area contributed by atoms with Gasteiger partial charge in [-0.05, 0) is 37.3 Å². The number of anilines is 1. The molecule has 29 heavy (non-hydrogen) atoms. The number of aromatic nitrogens is 3.